The lowest BCUT2D eigenvalue weighted by Crippen LogP contribution is -2.52. The Morgan fingerprint density at radius 3 is 2.14 bits per heavy atom. The van der Waals surface area contributed by atoms with Gasteiger partial charge in [0, 0.05) is 18.0 Å². The smallest absolute Gasteiger partial charge is 0.333 e. The maximum atomic E-state index is 12.2. The largest absolute Gasteiger partial charge is 0.464 e. The molecule has 0 heterocycles. The molecule has 0 aromatic heterocycles. The Labute approximate surface area is 131 Å². The third-order valence-electron chi connectivity index (χ3n) is 2.64. The fraction of sp³-hybridized carbons (Fsp3) is 0.667. The molecule has 7 nitrogen and oxygen atoms in total. The molecule has 0 unspecified atom stereocenters. The first kappa shape index (κ1) is 19.9. The van der Waals surface area contributed by atoms with Crippen LogP contribution in [-0.2, 0) is 19.1 Å². The van der Waals surface area contributed by atoms with Gasteiger partial charge in [-0.2, -0.15) is 0 Å². The predicted molar refractivity (Wildman–Crippen MR) is 82.3 cm³/mol. The van der Waals surface area contributed by atoms with Gasteiger partial charge in [-0.1, -0.05) is 6.58 Å². The summed E-state index contributed by atoms with van der Waals surface area (Å²) in [6.07, 6.45) is 0. The van der Waals surface area contributed by atoms with E-state index in [-0.39, 0.29) is 38.3 Å². The van der Waals surface area contributed by atoms with Crippen molar-refractivity contribution in [1.29, 1.82) is 0 Å². The van der Waals surface area contributed by atoms with Crippen molar-refractivity contribution in [2.75, 3.05) is 26.3 Å². The Kier molecular flexibility index (Phi) is 8.22. The number of carbonyl (C=O) groups excluding carboxylic acids is 3. The summed E-state index contributed by atoms with van der Waals surface area (Å²) in [6.45, 7) is 12.6. The summed E-state index contributed by atoms with van der Waals surface area (Å²) >= 11 is 0. The molecule has 0 aliphatic heterocycles. The average Bonchev–Trinajstić information content (AvgIpc) is 2.37. The van der Waals surface area contributed by atoms with Gasteiger partial charge in [0.15, 0.2) is 0 Å². The van der Waals surface area contributed by atoms with E-state index in [1.807, 2.05) is 20.8 Å². The van der Waals surface area contributed by atoms with Crippen molar-refractivity contribution in [3.63, 3.8) is 0 Å². The van der Waals surface area contributed by atoms with Gasteiger partial charge in [-0.15, -0.1) is 0 Å². The molecule has 0 radical (unpaired) electrons. The van der Waals surface area contributed by atoms with Crippen LogP contribution >= 0.6 is 0 Å². The van der Waals surface area contributed by atoms with Gasteiger partial charge in [0.05, 0.1) is 13.1 Å². The first-order valence-electron chi connectivity index (χ1n) is 7.07. The van der Waals surface area contributed by atoms with Gasteiger partial charge in [-0.05, 0) is 27.7 Å². The Hall–Kier alpha value is -2.05. The summed E-state index contributed by atoms with van der Waals surface area (Å²) in [7, 11) is 0. The quantitative estimate of drug-likeness (QED) is 0.437. The molecular weight excluding hydrogens is 288 g/mol. The maximum absolute atomic E-state index is 12.2. The highest BCUT2D eigenvalue weighted by molar-refractivity contribution is 5.86. The number of carbonyl (C=O) groups is 3. The molecule has 0 aromatic rings. The lowest BCUT2D eigenvalue weighted by Gasteiger charge is -2.35. The highest BCUT2D eigenvalue weighted by Gasteiger charge is 2.26. The number of esters is 2. The molecule has 7 heteroatoms. The summed E-state index contributed by atoms with van der Waals surface area (Å²) in [5.41, 5.74) is -0.123. The molecule has 1 N–H and O–H groups in total. The second-order valence-corrected chi connectivity index (χ2v) is 5.81. The van der Waals surface area contributed by atoms with E-state index in [4.69, 9.17) is 9.47 Å². The normalized spacial score (nSPS) is 10.6. The minimum Gasteiger partial charge on any atom is -0.464 e. The molecule has 0 aliphatic carbocycles. The first-order valence-corrected chi connectivity index (χ1v) is 7.07. The van der Waals surface area contributed by atoms with E-state index in [1.54, 1.807) is 11.8 Å². The van der Waals surface area contributed by atoms with Crippen molar-refractivity contribution >= 4 is 18.0 Å². The number of hydrogen-bond donors (Lipinski definition) is 1. The second kappa shape index (κ2) is 9.07. The number of urea groups is 1. The molecule has 0 aromatic carbocycles. The molecule has 126 valence electrons. The zero-order chi connectivity index (χ0) is 17.3. The van der Waals surface area contributed by atoms with Crippen LogP contribution in [0.3, 0.4) is 0 Å². The fourth-order valence-electron chi connectivity index (χ4n) is 1.54. The third-order valence-corrected chi connectivity index (χ3v) is 2.64. The SMILES string of the molecule is C=C(C)C(=O)OCCNC(=O)N(CCOC(C)=O)C(C)(C)C. The average molecular weight is 314 g/mol. The molecule has 0 rings (SSSR count). The Morgan fingerprint density at radius 1 is 1.09 bits per heavy atom. The molecule has 0 saturated carbocycles. The van der Waals surface area contributed by atoms with Crippen LogP contribution < -0.4 is 5.32 Å². The van der Waals surface area contributed by atoms with Crippen molar-refractivity contribution < 1.29 is 23.9 Å². The number of nitrogens with zero attached hydrogens (tertiary/aromatic N) is 1. The van der Waals surface area contributed by atoms with E-state index in [0.717, 1.165) is 0 Å². The van der Waals surface area contributed by atoms with Gasteiger partial charge in [0.1, 0.15) is 13.2 Å². The summed E-state index contributed by atoms with van der Waals surface area (Å²) in [5, 5.41) is 2.66. The Morgan fingerprint density at radius 2 is 1.68 bits per heavy atom. The van der Waals surface area contributed by atoms with Gasteiger partial charge >= 0.3 is 18.0 Å². The molecule has 0 aliphatic rings. The van der Waals surface area contributed by atoms with E-state index in [1.165, 1.54) is 6.92 Å². The lowest BCUT2D eigenvalue weighted by atomic mass is 10.1. The number of ether oxygens (including phenoxy) is 2. The van der Waals surface area contributed by atoms with E-state index >= 15 is 0 Å². The monoisotopic (exact) mass is 314 g/mol. The van der Waals surface area contributed by atoms with E-state index in [9.17, 15) is 14.4 Å². The van der Waals surface area contributed by atoms with Crippen molar-refractivity contribution in [1.82, 2.24) is 10.2 Å². The number of rotatable bonds is 7. The van der Waals surface area contributed by atoms with E-state index in [2.05, 4.69) is 11.9 Å². The summed E-state index contributed by atoms with van der Waals surface area (Å²) in [6, 6.07) is -0.314. The Balaban J connectivity index is 4.31. The standard InChI is InChI=1S/C15H26N2O5/c1-11(2)13(19)22-9-7-16-14(20)17(15(4,5)6)8-10-21-12(3)18/h1,7-10H2,2-6H3,(H,16,20). The summed E-state index contributed by atoms with van der Waals surface area (Å²) in [5.74, 6) is -0.877. The van der Waals surface area contributed by atoms with Gasteiger partial charge in [-0.25, -0.2) is 9.59 Å². The molecule has 0 bridgehead atoms. The van der Waals surface area contributed by atoms with Crippen LogP contribution in [-0.4, -0.2) is 54.7 Å². The zero-order valence-corrected chi connectivity index (χ0v) is 14.0. The maximum Gasteiger partial charge on any atom is 0.333 e. The van der Waals surface area contributed by atoms with E-state index < -0.39 is 11.5 Å². The first-order chi connectivity index (χ1) is 10.1. The second-order valence-electron chi connectivity index (χ2n) is 5.81. The number of hydrogen-bond acceptors (Lipinski definition) is 5. The van der Waals surface area contributed by atoms with Crippen molar-refractivity contribution in [2.45, 2.75) is 40.2 Å². The van der Waals surface area contributed by atoms with Crippen LogP contribution in [0.5, 0.6) is 0 Å². The van der Waals surface area contributed by atoms with Crippen LogP contribution in [0.25, 0.3) is 0 Å². The highest BCUT2D eigenvalue weighted by atomic mass is 16.5. The van der Waals surface area contributed by atoms with Crippen molar-refractivity contribution in [3.05, 3.63) is 12.2 Å². The molecular formula is C15H26N2O5. The minimum absolute atomic E-state index is 0.0688. The van der Waals surface area contributed by atoms with Crippen LogP contribution in [0.15, 0.2) is 12.2 Å². The summed E-state index contributed by atoms with van der Waals surface area (Å²) in [4.78, 5) is 35.7. The van der Waals surface area contributed by atoms with Crippen molar-refractivity contribution in [3.8, 4) is 0 Å². The van der Waals surface area contributed by atoms with Crippen LogP contribution in [0.2, 0.25) is 0 Å². The van der Waals surface area contributed by atoms with Crippen LogP contribution in [0, 0.1) is 0 Å². The summed E-state index contributed by atoms with van der Waals surface area (Å²) < 4.78 is 9.75. The van der Waals surface area contributed by atoms with Gasteiger partial charge < -0.3 is 19.7 Å². The molecule has 0 spiro atoms. The number of nitrogens with one attached hydrogen (secondary N) is 1. The molecule has 22 heavy (non-hydrogen) atoms. The van der Waals surface area contributed by atoms with Gasteiger partial charge in [0.2, 0.25) is 0 Å². The van der Waals surface area contributed by atoms with Crippen LogP contribution in [0.1, 0.15) is 34.6 Å². The molecule has 0 saturated heterocycles. The molecule has 2 amide bonds. The Bertz CT molecular complexity index is 426. The third kappa shape index (κ3) is 8.28. The predicted octanol–water partition coefficient (Wildman–Crippen LogP) is 1.48. The zero-order valence-electron chi connectivity index (χ0n) is 14.0. The van der Waals surface area contributed by atoms with Gasteiger partial charge in [0.25, 0.3) is 0 Å². The van der Waals surface area contributed by atoms with E-state index in [0.29, 0.717) is 5.57 Å². The molecule has 0 fully saturated rings. The lowest BCUT2D eigenvalue weighted by molar-refractivity contribution is -0.141. The topological polar surface area (TPSA) is 84.9 Å². The fourth-order valence-corrected chi connectivity index (χ4v) is 1.54. The molecule has 0 atom stereocenters. The minimum atomic E-state index is -0.489. The van der Waals surface area contributed by atoms with Crippen LogP contribution in [0.4, 0.5) is 4.79 Å². The highest BCUT2D eigenvalue weighted by Crippen LogP contribution is 2.12. The van der Waals surface area contributed by atoms with Crippen molar-refractivity contribution in [2.24, 2.45) is 0 Å². The number of amides is 2. The van der Waals surface area contributed by atoms with Gasteiger partial charge in [-0.3, -0.25) is 4.79 Å².